The summed E-state index contributed by atoms with van der Waals surface area (Å²) in [6.07, 6.45) is -0.864. The zero-order chi connectivity index (χ0) is 12.3. The third-order valence-corrected chi connectivity index (χ3v) is 2.72. The Morgan fingerprint density at radius 1 is 1.41 bits per heavy atom. The predicted octanol–water partition coefficient (Wildman–Crippen LogP) is 0.335. The van der Waals surface area contributed by atoms with Crippen LogP contribution < -0.4 is 5.32 Å². The first-order valence-electron chi connectivity index (χ1n) is 5.39. The van der Waals surface area contributed by atoms with Crippen LogP contribution in [0.4, 0.5) is 0 Å². The summed E-state index contributed by atoms with van der Waals surface area (Å²) in [5.41, 5.74) is 0.566. The maximum atomic E-state index is 12.0. The third kappa shape index (κ3) is 2.59. The molecule has 17 heavy (non-hydrogen) atoms. The van der Waals surface area contributed by atoms with Gasteiger partial charge in [-0.15, -0.1) is 0 Å². The van der Waals surface area contributed by atoms with Crippen LogP contribution in [0.1, 0.15) is 10.4 Å². The normalized spacial score (nSPS) is 20.0. The van der Waals surface area contributed by atoms with Gasteiger partial charge in [-0.05, 0) is 12.1 Å². The van der Waals surface area contributed by atoms with Gasteiger partial charge in [-0.3, -0.25) is 20.2 Å². The molecular weight excluding hydrogens is 222 g/mol. The van der Waals surface area contributed by atoms with Crippen molar-refractivity contribution >= 4 is 5.91 Å². The van der Waals surface area contributed by atoms with Gasteiger partial charge in [-0.25, -0.2) is 0 Å². The van der Waals surface area contributed by atoms with Gasteiger partial charge in [-0.2, -0.15) is 0 Å². The van der Waals surface area contributed by atoms with Gasteiger partial charge < -0.3 is 4.90 Å². The maximum absolute atomic E-state index is 12.0. The van der Waals surface area contributed by atoms with Crippen LogP contribution in [0.5, 0.6) is 0 Å². The van der Waals surface area contributed by atoms with Crippen molar-refractivity contribution in [1.29, 1.82) is 0 Å². The van der Waals surface area contributed by atoms with Crippen molar-refractivity contribution in [2.45, 2.75) is 6.17 Å². The first-order valence-corrected chi connectivity index (χ1v) is 5.39. The van der Waals surface area contributed by atoms with Crippen molar-refractivity contribution < 1.29 is 9.72 Å². The number of piperazine rings is 1. The number of nitrogens with zero attached hydrogens (tertiary/aromatic N) is 2. The van der Waals surface area contributed by atoms with E-state index in [0.717, 1.165) is 0 Å². The van der Waals surface area contributed by atoms with Crippen molar-refractivity contribution in [1.82, 2.24) is 10.2 Å². The molecule has 1 aromatic carbocycles. The highest BCUT2D eigenvalue weighted by Crippen LogP contribution is 2.07. The number of carbonyl (C=O) groups excluding carboxylic acids is 1. The Bertz CT molecular complexity index is 421. The summed E-state index contributed by atoms with van der Waals surface area (Å²) in [4.78, 5) is 23.8. The van der Waals surface area contributed by atoms with Crippen LogP contribution >= 0.6 is 0 Å². The molecule has 1 amide bonds. The minimum Gasteiger partial charge on any atom is -0.329 e. The van der Waals surface area contributed by atoms with Gasteiger partial charge in [0.15, 0.2) is 0 Å². The summed E-state index contributed by atoms with van der Waals surface area (Å²) in [5, 5.41) is 13.4. The van der Waals surface area contributed by atoms with E-state index in [1.54, 1.807) is 24.3 Å². The second-order valence-corrected chi connectivity index (χ2v) is 3.87. The monoisotopic (exact) mass is 235 g/mol. The van der Waals surface area contributed by atoms with E-state index in [4.69, 9.17) is 0 Å². The van der Waals surface area contributed by atoms with Gasteiger partial charge in [0.25, 0.3) is 12.1 Å². The minimum atomic E-state index is -0.864. The number of hydrogen-bond acceptors (Lipinski definition) is 4. The molecule has 1 atom stereocenters. The molecule has 1 fully saturated rings. The number of amides is 1. The lowest BCUT2D eigenvalue weighted by Crippen LogP contribution is -2.55. The molecule has 1 aliphatic heterocycles. The third-order valence-electron chi connectivity index (χ3n) is 2.72. The molecule has 0 aromatic heterocycles. The first-order chi connectivity index (χ1) is 8.18. The van der Waals surface area contributed by atoms with Gasteiger partial charge in [0.1, 0.15) is 6.54 Å². The summed E-state index contributed by atoms with van der Waals surface area (Å²) in [6.45, 7) is 1.06. The van der Waals surface area contributed by atoms with Gasteiger partial charge >= 0.3 is 0 Å². The van der Waals surface area contributed by atoms with Crippen LogP contribution in [0.2, 0.25) is 0 Å². The summed E-state index contributed by atoms with van der Waals surface area (Å²) >= 11 is 0. The van der Waals surface area contributed by atoms with Crippen molar-refractivity contribution in [3.8, 4) is 0 Å². The summed E-state index contributed by atoms with van der Waals surface area (Å²) in [7, 11) is 0. The predicted molar refractivity (Wildman–Crippen MR) is 61.1 cm³/mol. The van der Waals surface area contributed by atoms with E-state index in [-0.39, 0.29) is 12.5 Å². The number of rotatable bonds is 2. The van der Waals surface area contributed by atoms with Gasteiger partial charge in [-0.1, -0.05) is 18.2 Å². The Kier molecular flexibility index (Phi) is 3.34. The number of benzene rings is 1. The van der Waals surface area contributed by atoms with Crippen LogP contribution in [0, 0.1) is 10.1 Å². The number of nitro groups is 1. The van der Waals surface area contributed by atoms with Gasteiger partial charge in [0.2, 0.25) is 0 Å². The number of nitrogens with one attached hydrogen (secondary N) is 1. The molecule has 0 saturated carbocycles. The Morgan fingerprint density at radius 3 is 2.76 bits per heavy atom. The SMILES string of the molecule is O=C(c1ccccc1)N1CCNC([N+](=O)[O-])C1. The highest BCUT2D eigenvalue weighted by Gasteiger charge is 2.30. The van der Waals surface area contributed by atoms with E-state index in [1.165, 1.54) is 4.90 Å². The van der Waals surface area contributed by atoms with E-state index in [2.05, 4.69) is 5.32 Å². The quantitative estimate of drug-likeness (QED) is 0.592. The molecule has 1 saturated heterocycles. The lowest BCUT2D eigenvalue weighted by Gasteiger charge is -2.29. The molecule has 0 radical (unpaired) electrons. The lowest BCUT2D eigenvalue weighted by molar-refractivity contribution is -0.531. The molecule has 1 aromatic rings. The van der Waals surface area contributed by atoms with Crippen molar-refractivity contribution in [2.24, 2.45) is 0 Å². The molecule has 1 aliphatic rings. The summed E-state index contributed by atoms with van der Waals surface area (Å²) < 4.78 is 0. The Hall–Kier alpha value is -1.95. The molecule has 6 heteroatoms. The number of carbonyl (C=O) groups is 1. The second kappa shape index (κ2) is 4.92. The van der Waals surface area contributed by atoms with Crippen LogP contribution in [-0.4, -0.2) is 41.5 Å². The van der Waals surface area contributed by atoms with E-state index >= 15 is 0 Å². The molecule has 1 unspecified atom stereocenters. The molecule has 1 heterocycles. The van der Waals surface area contributed by atoms with Gasteiger partial charge in [0.05, 0.1) is 0 Å². The van der Waals surface area contributed by atoms with Crippen molar-refractivity contribution in [3.05, 3.63) is 46.0 Å². The molecule has 2 rings (SSSR count). The number of hydrogen-bond donors (Lipinski definition) is 1. The molecular formula is C11H13N3O3. The van der Waals surface area contributed by atoms with Crippen LogP contribution in [0.15, 0.2) is 30.3 Å². The zero-order valence-corrected chi connectivity index (χ0v) is 9.20. The van der Waals surface area contributed by atoms with Gasteiger partial charge in [0, 0.05) is 23.6 Å². The molecule has 6 nitrogen and oxygen atoms in total. The molecule has 1 N–H and O–H groups in total. The van der Waals surface area contributed by atoms with Crippen molar-refractivity contribution in [2.75, 3.05) is 19.6 Å². The fraction of sp³-hybridized carbons (Fsp3) is 0.364. The smallest absolute Gasteiger partial charge is 0.283 e. The molecule has 90 valence electrons. The fourth-order valence-electron chi connectivity index (χ4n) is 1.82. The summed E-state index contributed by atoms with van der Waals surface area (Å²) in [5.74, 6) is -0.154. The van der Waals surface area contributed by atoms with Crippen LogP contribution in [0.25, 0.3) is 0 Å². The first kappa shape index (κ1) is 11.5. The highest BCUT2D eigenvalue weighted by molar-refractivity contribution is 5.94. The topological polar surface area (TPSA) is 75.5 Å². The Labute approximate surface area is 98.4 Å². The lowest BCUT2D eigenvalue weighted by atomic mass is 10.2. The molecule has 0 bridgehead atoms. The Balaban J connectivity index is 2.07. The second-order valence-electron chi connectivity index (χ2n) is 3.87. The van der Waals surface area contributed by atoms with Crippen molar-refractivity contribution in [3.63, 3.8) is 0 Å². The fourth-order valence-corrected chi connectivity index (χ4v) is 1.82. The molecule has 0 spiro atoms. The standard InChI is InChI=1S/C11H13N3O3/c15-11(9-4-2-1-3-5-9)13-7-6-12-10(8-13)14(16)17/h1-5,10,12H,6-8H2. The average Bonchev–Trinajstić information content (AvgIpc) is 2.39. The van der Waals surface area contributed by atoms with E-state index in [0.29, 0.717) is 18.7 Å². The largest absolute Gasteiger partial charge is 0.329 e. The highest BCUT2D eigenvalue weighted by atomic mass is 16.6. The molecule has 0 aliphatic carbocycles. The minimum absolute atomic E-state index is 0.112. The van der Waals surface area contributed by atoms with E-state index in [9.17, 15) is 14.9 Å². The maximum Gasteiger partial charge on any atom is 0.283 e. The van der Waals surface area contributed by atoms with Crippen LogP contribution in [0.3, 0.4) is 0 Å². The Morgan fingerprint density at radius 2 is 2.12 bits per heavy atom. The van der Waals surface area contributed by atoms with E-state index in [1.807, 2.05) is 6.07 Å². The summed E-state index contributed by atoms with van der Waals surface area (Å²) in [6, 6.07) is 8.81. The zero-order valence-electron chi connectivity index (χ0n) is 9.20. The average molecular weight is 235 g/mol. The van der Waals surface area contributed by atoms with Crippen LogP contribution in [-0.2, 0) is 0 Å². The van der Waals surface area contributed by atoms with E-state index < -0.39 is 11.1 Å².